The second-order valence-electron chi connectivity index (χ2n) is 5.55. The summed E-state index contributed by atoms with van der Waals surface area (Å²) >= 11 is 3.12. The van der Waals surface area contributed by atoms with Crippen molar-refractivity contribution in [3.05, 3.63) is 46.7 Å². The third-order valence-electron chi connectivity index (χ3n) is 3.58. The fourth-order valence-electron chi connectivity index (χ4n) is 2.16. The first kappa shape index (κ1) is 21.5. The van der Waals surface area contributed by atoms with E-state index in [0.29, 0.717) is 21.7 Å². The first-order valence-corrected chi connectivity index (χ1v) is 8.93. The highest BCUT2D eigenvalue weighted by atomic mass is 79.9. The lowest BCUT2D eigenvalue weighted by molar-refractivity contribution is -0.155. The molecule has 2 aromatic rings. The summed E-state index contributed by atoms with van der Waals surface area (Å²) in [5.74, 6) is -1.18. The fourth-order valence-corrected chi connectivity index (χ4v) is 2.49. The van der Waals surface area contributed by atoms with E-state index in [2.05, 4.69) is 21.2 Å². The largest absolute Gasteiger partial charge is 0.497 e. The molecule has 28 heavy (non-hydrogen) atoms. The van der Waals surface area contributed by atoms with Crippen molar-refractivity contribution >= 4 is 33.5 Å². The van der Waals surface area contributed by atoms with Gasteiger partial charge in [-0.05, 0) is 37.3 Å². The van der Waals surface area contributed by atoms with Gasteiger partial charge in [-0.2, -0.15) is 0 Å². The number of hydrogen-bond acceptors (Lipinski definition) is 6. The summed E-state index contributed by atoms with van der Waals surface area (Å²) in [6, 6.07) is 9.03. The van der Waals surface area contributed by atoms with Gasteiger partial charge in [0.05, 0.1) is 19.9 Å². The summed E-state index contributed by atoms with van der Waals surface area (Å²) in [7, 11) is 2.95. The standard InChI is InChI=1S/C19H19BrFNO6/c1-11(19(24)22-15-9-13(25-2)5-7-17(15)26-3)28-18(23)10-27-16-6-4-12(20)8-14(16)21/h4-9,11H,10H2,1-3H3,(H,22,24). The number of nitrogens with one attached hydrogen (secondary N) is 1. The topological polar surface area (TPSA) is 83.1 Å². The third kappa shape index (κ3) is 5.85. The zero-order chi connectivity index (χ0) is 20.7. The highest BCUT2D eigenvalue weighted by Crippen LogP contribution is 2.29. The Bertz CT molecular complexity index is 860. The monoisotopic (exact) mass is 455 g/mol. The van der Waals surface area contributed by atoms with E-state index in [4.69, 9.17) is 18.9 Å². The molecule has 1 N–H and O–H groups in total. The number of hydrogen-bond donors (Lipinski definition) is 1. The summed E-state index contributed by atoms with van der Waals surface area (Å²) < 4.78 is 34.6. The van der Waals surface area contributed by atoms with Gasteiger partial charge in [0.15, 0.2) is 24.3 Å². The average molecular weight is 456 g/mol. The smallest absolute Gasteiger partial charge is 0.344 e. The van der Waals surface area contributed by atoms with E-state index < -0.39 is 30.4 Å². The number of carbonyl (C=O) groups excluding carboxylic acids is 2. The molecular weight excluding hydrogens is 437 g/mol. The molecule has 0 fully saturated rings. The quantitative estimate of drug-likeness (QED) is 0.612. The van der Waals surface area contributed by atoms with Crippen LogP contribution in [0.25, 0.3) is 0 Å². The molecule has 0 radical (unpaired) electrons. The van der Waals surface area contributed by atoms with Crippen molar-refractivity contribution in [1.29, 1.82) is 0 Å². The van der Waals surface area contributed by atoms with Crippen LogP contribution < -0.4 is 19.5 Å². The Morgan fingerprint density at radius 2 is 1.82 bits per heavy atom. The molecule has 1 atom stereocenters. The van der Waals surface area contributed by atoms with Crippen LogP contribution in [0.5, 0.6) is 17.2 Å². The van der Waals surface area contributed by atoms with E-state index in [1.807, 2.05) is 0 Å². The molecule has 0 bridgehead atoms. The summed E-state index contributed by atoms with van der Waals surface area (Å²) in [6.45, 7) is 0.860. The van der Waals surface area contributed by atoms with Crippen LogP contribution in [0.2, 0.25) is 0 Å². The normalized spacial score (nSPS) is 11.3. The number of halogens is 2. The molecule has 1 unspecified atom stereocenters. The maximum absolute atomic E-state index is 13.7. The molecule has 0 saturated heterocycles. The first-order chi connectivity index (χ1) is 13.3. The van der Waals surface area contributed by atoms with Crippen LogP contribution in [-0.4, -0.2) is 38.8 Å². The van der Waals surface area contributed by atoms with Gasteiger partial charge in [-0.15, -0.1) is 0 Å². The van der Waals surface area contributed by atoms with E-state index in [-0.39, 0.29) is 5.75 Å². The lowest BCUT2D eigenvalue weighted by Gasteiger charge is -2.16. The van der Waals surface area contributed by atoms with Gasteiger partial charge in [0, 0.05) is 10.5 Å². The van der Waals surface area contributed by atoms with E-state index in [1.165, 1.54) is 33.3 Å². The van der Waals surface area contributed by atoms with Crippen molar-refractivity contribution in [3.8, 4) is 17.2 Å². The first-order valence-electron chi connectivity index (χ1n) is 8.14. The molecule has 9 heteroatoms. The molecule has 0 aliphatic carbocycles. The maximum Gasteiger partial charge on any atom is 0.344 e. The number of methoxy groups -OCH3 is 2. The number of amides is 1. The minimum absolute atomic E-state index is 0.0987. The van der Waals surface area contributed by atoms with Crippen LogP contribution in [0.3, 0.4) is 0 Å². The minimum atomic E-state index is -1.11. The SMILES string of the molecule is COc1ccc(OC)c(NC(=O)C(C)OC(=O)COc2ccc(Br)cc2F)c1. The number of esters is 1. The van der Waals surface area contributed by atoms with Crippen LogP contribution in [0.1, 0.15) is 6.92 Å². The predicted molar refractivity (Wildman–Crippen MR) is 103 cm³/mol. The Balaban J connectivity index is 1.92. The maximum atomic E-state index is 13.7. The second-order valence-corrected chi connectivity index (χ2v) is 6.47. The summed E-state index contributed by atoms with van der Waals surface area (Å²) in [5, 5.41) is 2.60. The van der Waals surface area contributed by atoms with Gasteiger partial charge in [0.1, 0.15) is 11.5 Å². The average Bonchev–Trinajstić information content (AvgIpc) is 2.67. The van der Waals surface area contributed by atoms with Crippen LogP contribution in [0.15, 0.2) is 40.9 Å². The van der Waals surface area contributed by atoms with E-state index in [0.717, 1.165) is 0 Å². The number of carbonyl (C=O) groups is 2. The Morgan fingerprint density at radius 1 is 1.11 bits per heavy atom. The van der Waals surface area contributed by atoms with Gasteiger partial charge in [0.25, 0.3) is 5.91 Å². The molecule has 0 aromatic heterocycles. The predicted octanol–water partition coefficient (Wildman–Crippen LogP) is 3.55. The lowest BCUT2D eigenvalue weighted by Crippen LogP contribution is -2.31. The third-order valence-corrected chi connectivity index (χ3v) is 4.07. The van der Waals surface area contributed by atoms with E-state index in [1.54, 1.807) is 24.3 Å². The zero-order valence-electron chi connectivity index (χ0n) is 15.5. The van der Waals surface area contributed by atoms with Gasteiger partial charge >= 0.3 is 5.97 Å². The lowest BCUT2D eigenvalue weighted by atomic mass is 10.2. The highest BCUT2D eigenvalue weighted by molar-refractivity contribution is 9.10. The number of anilines is 1. The molecule has 0 aliphatic rings. The summed E-state index contributed by atoms with van der Waals surface area (Å²) in [4.78, 5) is 24.2. The second kappa shape index (κ2) is 9.93. The van der Waals surface area contributed by atoms with Crippen molar-refractivity contribution in [2.45, 2.75) is 13.0 Å². The molecule has 150 valence electrons. The Kier molecular flexibility index (Phi) is 7.62. The Hall–Kier alpha value is -2.81. The van der Waals surface area contributed by atoms with Crippen molar-refractivity contribution in [2.75, 3.05) is 26.1 Å². The van der Waals surface area contributed by atoms with Gasteiger partial charge < -0.3 is 24.3 Å². The summed E-state index contributed by atoms with van der Waals surface area (Å²) in [6.07, 6.45) is -1.11. The van der Waals surface area contributed by atoms with Crippen LogP contribution in [0, 0.1) is 5.82 Å². The van der Waals surface area contributed by atoms with Gasteiger partial charge in [-0.1, -0.05) is 15.9 Å². The molecular formula is C19H19BrFNO6. The molecule has 7 nitrogen and oxygen atoms in total. The number of benzene rings is 2. The zero-order valence-corrected chi connectivity index (χ0v) is 17.0. The highest BCUT2D eigenvalue weighted by Gasteiger charge is 2.20. The van der Waals surface area contributed by atoms with Crippen molar-refractivity contribution < 1.29 is 32.9 Å². The molecule has 1 amide bonds. The molecule has 0 aliphatic heterocycles. The van der Waals surface area contributed by atoms with Crippen LogP contribution in [-0.2, 0) is 14.3 Å². The minimum Gasteiger partial charge on any atom is -0.497 e. The molecule has 2 rings (SSSR count). The summed E-state index contributed by atoms with van der Waals surface area (Å²) in [5.41, 5.74) is 0.364. The molecule has 0 spiro atoms. The van der Waals surface area contributed by atoms with Gasteiger partial charge in [-0.25, -0.2) is 9.18 Å². The van der Waals surface area contributed by atoms with Gasteiger partial charge in [-0.3, -0.25) is 4.79 Å². The van der Waals surface area contributed by atoms with Crippen molar-refractivity contribution in [3.63, 3.8) is 0 Å². The molecule has 2 aromatic carbocycles. The van der Waals surface area contributed by atoms with E-state index >= 15 is 0 Å². The van der Waals surface area contributed by atoms with Crippen molar-refractivity contribution in [1.82, 2.24) is 0 Å². The Morgan fingerprint density at radius 3 is 2.46 bits per heavy atom. The van der Waals surface area contributed by atoms with Crippen LogP contribution >= 0.6 is 15.9 Å². The van der Waals surface area contributed by atoms with Gasteiger partial charge in [0.2, 0.25) is 0 Å². The van der Waals surface area contributed by atoms with Crippen molar-refractivity contribution in [2.24, 2.45) is 0 Å². The molecule has 0 heterocycles. The van der Waals surface area contributed by atoms with E-state index in [9.17, 15) is 14.0 Å². The van der Waals surface area contributed by atoms with Crippen LogP contribution in [0.4, 0.5) is 10.1 Å². The number of rotatable bonds is 8. The number of ether oxygens (including phenoxy) is 4. The molecule has 0 saturated carbocycles. The fraction of sp³-hybridized carbons (Fsp3) is 0.263. The Labute approximate surface area is 169 Å².